The van der Waals surface area contributed by atoms with Crippen molar-refractivity contribution in [1.82, 2.24) is 10.2 Å². The summed E-state index contributed by atoms with van der Waals surface area (Å²) in [5.41, 5.74) is 0.435. The number of amides is 2. The van der Waals surface area contributed by atoms with Crippen molar-refractivity contribution in [3.63, 3.8) is 0 Å². The van der Waals surface area contributed by atoms with Crippen molar-refractivity contribution in [3.8, 4) is 0 Å². The monoisotopic (exact) mass is 380 g/mol. The van der Waals surface area contributed by atoms with Gasteiger partial charge in [0, 0.05) is 25.2 Å². The number of rotatable bonds is 4. The molecule has 2 aliphatic rings. The van der Waals surface area contributed by atoms with E-state index in [4.69, 9.17) is 9.47 Å². The summed E-state index contributed by atoms with van der Waals surface area (Å²) in [5.74, 6) is -0.848. The van der Waals surface area contributed by atoms with Crippen molar-refractivity contribution in [3.05, 3.63) is 35.9 Å². The first kappa shape index (κ1) is 19.7. The molecule has 9 heteroatoms. The number of carbonyl (C=O) groups is 2. The van der Waals surface area contributed by atoms with E-state index in [9.17, 15) is 24.9 Å². The van der Waals surface area contributed by atoms with Crippen molar-refractivity contribution in [2.24, 2.45) is 0 Å². The zero-order chi connectivity index (χ0) is 19.4. The molecular weight excluding hydrogens is 356 g/mol. The van der Waals surface area contributed by atoms with Crippen molar-refractivity contribution in [1.29, 1.82) is 0 Å². The van der Waals surface area contributed by atoms with Crippen LogP contribution in [0.15, 0.2) is 30.3 Å². The third-order valence-corrected chi connectivity index (χ3v) is 4.78. The van der Waals surface area contributed by atoms with Crippen LogP contribution in [0.4, 0.5) is 0 Å². The molecule has 2 amide bonds. The highest BCUT2D eigenvalue weighted by Crippen LogP contribution is 2.23. The van der Waals surface area contributed by atoms with Crippen molar-refractivity contribution in [2.75, 3.05) is 32.8 Å². The summed E-state index contributed by atoms with van der Waals surface area (Å²) in [6.45, 7) is 1.37. The molecule has 3 rings (SSSR count). The van der Waals surface area contributed by atoms with Crippen LogP contribution in [0.1, 0.15) is 10.4 Å². The van der Waals surface area contributed by atoms with E-state index in [1.54, 1.807) is 30.3 Å². The highest BCUT2D eigenvalue weighted by molar-refractivity contribution is 5.94. The van der Waals surface area contributed by atoms with Gasteiger partial charge in [-0.1, -0.05) is 18.2 Å². The van der Waals surface area contributed by atoms with E-state index >= 15 is 0 Å². The molecular formula is C18H24N2O7. The highest BCUT2D eigenvalue weighted by Gasteiger charge is 2.47. The van der Waals surface area contributed by atoms with Crippen LogP contribution in [0.25, 0.3) is 0 Å². The molecule has 9 nitrogen and oxygen atoms in total. The van der Waals surface area contributed by atoms with Gasteiger partial charge in [-0.2, -0.15) is 0 Å². The molecule has 2 aliphatic heterocycles. The first-order valence-corrected chi connectivity index (χ1v) is 8.88. The number of morpholine rings is 1. The summed E-state index contributed by atoms with van der Waals surface area (Å²) in [6.07, 6.45) is -6.92. The second kappa shape index (κ2) is 8.77. The number of nitrogens with one attached hydrogen (secondary N) is 1. The summed E-state index contributed by atoms with van der Waals surface area (Å²) in [5, 5.41) is 33.1. The minimum absolute atomic E-state index is 0.119. The van der Waals surface area contributed by atoms with Crippen LogP contribution in [-0.4, -0.2) is 95.4 Å². The molecule has 0 unspecified atom stereocenters. The Bertz CT molecular complexity index is 650. The molecule has 27 heavy (non-hydrogen) atoms. The van der Waals surface area contributed by atoms with Crippen molar-refractivity contribution < 1.29 is 34.4 Å². The number of ether oxygens (including phenoxy) is 2. The van der Waals surface area contributed by atoms with Gasteiger partial charge in [-0.25, -0.2) is 0 Å². The SMILES string of the molecule is O=C(NC[C@@H]1O[C@H](C(=O)N2CCOCC2)[C@H](O)[C@H](O)[C@H]1O)c1ccccc1. The zero-order valence-corrected chi connectivity index (χ0v) is 14.7. The number of carbonyl (C=O) groups excluding carboxylic acids is 2. The summed E-state index contributed by atoms with van der Waals surface area (Å²) in [7, 11) is 0. The Balaban J connectivity index is 1.64. The largest absolute Gasteiger partial charge is 0.388 e. The van der Waals surface area contributed by atoms with Gasteiger partial charge in [0.15, 0.2) is 6.10 Å². The Labute approximate surface area is 156 Å². The van der Waals surface area contributed by atoms with Crippen LogP contribution in [0.3, 0.4) is 0 Å². The highest BCUT2D eigenvalue weighted by atomic mass is 16.5. The fraction of sp³-hybridized carbons (Fsp3) is 0.556. The predicted molar refractivity (Wildman–Crippen MR) is 92.9 cm³/mol. The Morgan fingerprint density at radius 3 is 2.37 bits per heavy atom. The predicted octanol–water partition coefficient (Wildman–Crippen LogP) is -1.87. The molecule has 2 fully saturated rings. The van der Waals surface area contributed by atoms with E-state index in [1.165, 1.54) is 4.90 Å². The minimum Gasteiger partial charge on any atom is -0.388 e. The zero-order valence-electron chi connectivity index (χ0n) is 14.7. The second-order valence-corrected chi connectivity index (χ2v) is 6.58. The third-order valence-electron chi connectivity index (χ3n) is 4.78. The lowest BCUT2D eigenvalue weighted by Gasteiger charge is -2.42. The Kier molecular flexibility index (Phi) is 6.40. The molecule has 148 valence electrons. The lowest BCUT2D eigenvalue weighted by Crippen LogP contribution is -2.64. The van der Waals surface area contributed by atoms with E-state index in [0.717, 1.165) is 0 Å². The molecule has 5 atom stereocenters. The van der Waals surface area contributed by atoms with E-state index in [1.807, 2.05) is 0 Å². The topological polar surface area (TPSA) is 129 Å². The Morgan fingerprint density at radius 1 is 1.04 bits per heavy atom. The first-order valence-electron chi connectivity index (χ1n) is 8.88. The molecule has 4 N–H and O–H groups in total. The number of aliphatic hydroxyl groups is 3. The van der Waals surface area contributed by atoms with Crippen LogP contribution < -0.4 is 5.32 Å². The quantitative estimate of drug-likeness (QED) is 0.481. The van der Waals surface area contributed by atoms with Crippen LogP contribution in [0.5, 0.6) is 0 Å². The third kappa shape index (κ3) is 4.45. The number of aliphatic hydroxyl groups excluding tert-OH is 3. The number of hydrogen-bond acceptors (Lipinski definition) is 7. The van der Waals surface area contributed by atoms with Gasteiger partial charge in [0.25, 0.3) is 11.8 Å². The lowest BCUT2D eigenvalue weighted by molar-refractivity contribution is -0.224. The number of benzene rings is 1. The van der Waals surface area contributed by atoms with Crippen molar-refractivity contribution in [2.45, 2.75) is 30.5 Å². The molecule has 1 aromatic carbocycles. The normalized spacial score (nSPS) is 31.4. The number of hydrogen-bond donors (Lipinski definition) is 4. The first-order chi connectivity index (χ1) is 13.0. The second-order valence-electron chi connectivity index (χ2n) is 6.58. The van der Waals surface area contributed by atoms with E-state index < -0.39 is 36.4 Å². The average molecular weight is 380 g/mol. The summed E-state index contributed by atoms with van der Waals surface area (Å²) >= 11 is 0. The molecule has 2 saturated heterocycles. The van der Waals surface area contributed by atoms with Crippen LogP contribution in [-0.2, 0) is 14.3 Å². The van der Waals surface area contributed by atoms with Gasteiger partial charge in [0.2, 0.25) is 0 Å². The minimum atomic E-state index is -1.56. The van der Waals surface area contributed by atoms with Crippen LogP contribution in [0.2, 0.25) is 0 Å². The van der Waals surface area contributed by atoms with Gasteiger partial charge in [-0.3, -0.25) is 9.59 Å². The fourth-order valence-corrected chi connectivity index (χ4v) is 3.17. The maximum atomic E-state index is 12.6. The van der Waals surface area contributed by atoms with Crippen molar-refractivity contribution >= 4 is 11.8 Å². The van der Waals surface area contributed by atoms with Crippen LogP contribution in [0, 0.1) is 0 Å². The number of nitrogens with zero attached hydrogens (tertiary/aromatic N) is 1. The standard InChI is InChI=1S/C18H24N2O7/c21-13-12(10-19-17(24)11-4-2-1-3-5-11)27-16(15(23)14(13)22)18(25)20-6-8-26-9-7-20/h1-5,12-16,21-23H,6-10H2,(H,19,24)/t12-,13-,14+,15+,16-/m0/s1. The smallest absolute Gasteiger partial charge is 0.254 e. The van der Waals surface area contributed by atoms with Gasteiger partial charge in [-0.15, -0.1) is 0 Å². The molecule has 2 heterocycles. The van der Waals surface area contributed by atoms with Gasteiger partial charge in [-0.05, 0) is 12.1 Å². The maximum absolute atomic E-state index is 12.6. The van der Waals surface area contributed by atoms with Crippen LogP contribution >= 0.6 is 0 Å². The molecule has 0 bridgehead atoms. The average Bonchev–Trinajstić information content (AvgIpc) is 2.72. The summed E-state index contributed by atoms with van der Waals surface area (Å²) in [4.78, 5) is 26.3. The summed E-state index contributed by atoms with van der Waals surface area (Å²) < 4.78 is 10.8. The molecule has 0 radical (unpaired) electrons. The van der Waals surface area contributed by atoms with Gasteiger partial charge < -0.3 is 35.0 Å². The van der Waals surface area contributed by atoms with Gasteiger partial charge in [0.05, 0.1) is 13.2 Å². The summed E-state index contributed by atoms with van der Waals surface area (Å²) in [6, 6.07) is 8.49. The lowest BCUT2D eigenvalue weighted by atomic mass is 9.94. The molecule has 0 aliphatic carbocycles. The fourth-order valence-electron chi connectivity index (χ4n) is 3.17. The van der Waals surface area contributed by atoms with E-state index in [0.29, 0.717) is 31.9 Å². The molecule has 0 saturated carbocycles. The van der Waals surface area contributed by atoms with Gasteiger partial charge in [0.1, 0.15) is 24.4 Å². The molecule has 0 aromatic heterocycles. The molecule has 1 aromatic rings. The Hall–Kier alpha value is -2.04. The van der Waals surface area contributed by atoms with E-state index in [2.05, 4.69) is 5.32 Å². The van der Waals surface area contributed by atoms with E-state index in [-0.39, 0.29) is 12.5 Å². The Morgan fingerprint density at radius 2 is 1.70 bits per heavy atom. The van der Waals surface area contributed by atoms with Gasteiger partial charge >= 0.3 is 0 Å². The molecule has 0 spiro atoms. The maximum Gasteiger partial charge on any atom is 0.254 e.